The van der Waals surface area contributed by atoms with Gasteiger partial charge in [0, 0.05) is 5.02 Å². The number of halogens is 2. The quantitative estimate of drug-likeness (QED) is 0.488. The van der Waals surface area contributed by atoms with E-state index in [-0.39, 0.29) is 6.42 Å². The number of benzene rings is 3. The van der Waals surface area contributed by atoms with Crippen molar-refractivity contribution >= 4 is 29.4 Å². The molecule has 4 amide bonds. The molecule has 1 aliphatic rings. The highest BCUT2D eigenvalue weighted by Gasteiger charge is 2.51. The minimum absolute atomic E-state index is 0.249. The molecule has 1 saturated heterocycles. The monoisotopic (exact) mass is 479 g/mol. The summed E-state index contributed by atoms with van der Waals surface area (Å²) in [6, 6.07) is 20.7. The second-order valence-electron chi connectivity index (χ2n) is 8.05. The van der Waals surface area contributed by atoms with E-state index in [4.69, 9.17) is 11.6 Å². The summed E-state index contributed by atoms with van der Waals surface area (Å²) in [5, 5.41) is 6.19. The minimum atomic E-state index is -1.35. The lowest BCUT2D eigenvalue weighted by Crippen LogP contribution is -2.45. The second kappa shape index (κ2) is 9.65. The van der Waals surface area contributed by atoms with Crippen LogP contribution in [-0.2, 0) is 15.1 Å². The molecule has 1 heterocycles. The first-order valence-corrected chi connectivity index (χ1v) is 11.2. The molecule has 2 unspecified atom stereocenters. The Balaban J connectivity index is 1.56. The van der Waals surface area contributed by atoms with Crippen molar-refractivity contribution in [1.29, 1.82) is 0 Å². The van der Waals surface area contributed by atoms with Crippen LogP contribution in [0.4, 0.5) is 9.18 Å². The van der Waals surface area contributed by atoms with Crippen LogP contribution in [0.1, 0.15) is 36.1 Å². The molecule has 0 bridgehead atoms. The van der Waals surface area contributed by atoms with E-state index in [1.807, 2.05) is 42.5 Å². The number of carbonyl (C=O) groups is 3. The van der Waals surface area contributed by atoms with Gasteiger partial charge in [0.2, 0.25) is 5.91 Å². The highest BCUT2D eigenvalue weighted by molar-refractivity contribution is 6.30. The molecule has 0 aromatic heterocycles. The van der Waals surface area contributed by atoms with Crippen LogP contribution in [0, 0.1) is 5.82 Å². The first kappa shape index (κ1) is 23.4. The molecule has 8 heteroatoms. The van der Waals surface area contributed by atoms with Crippen molar-refractivity contribution in [3.63, 3.8) is 0 Å². The van der Waals surface area contributed by atoms with E-state index in [0.29, 0.717) is 10.6 Å². The Labute approximate surface area is 201 Å². The van der Waals surface area contributed by atoms with Gasteiger partial charge in [0.05, 0.1) is 6.04 Å². The summed E-state index contributed by atoms with van der Waals surface area (Å²) in [6.07, 6.45) is 0.249. The number of carbonyl (C=O) groups excluding carboxylic acids is 3. The Morgan fingerprint density at radius 3 is 2.24 bits per heavy atom. The first-order valence-electron chi connectivity index (χ1n) is 10.8. The highest BCUT2D eigenvalue weighted by Crippen LogP contribution is 2.32. The zero-order chi connectivity index (χ0) is 24.3. The molecule has 0 spiro atoms. The summed E-state index contributed by atoms with van der Waals surface area (Å²) in [4.78, 5) is 40.0. The Bertz CT molecular complexity index is 1200. The lowest BCUT2D eigenvalue weighted by molar-refractivity contribution is -0.135. The average Bonchev–Trinajstić information content (AvgIpc) is 3.09. The van der Waals surface area contributed by atoms with E-state index >= 15 is 0 Å². The van der Waals surface area contributed by atoms with Gasteiger partial charge in [0.15, 0.2) is 0 Å². The van der Waals surface area contributed by atoms with Gasteiger partial charge in [-0.1, -0.05) is 73.1 Å². The molecule has 2 N–H and O–H groups in total. The van der Waals surface area contributed by atoms with E-state index in [2.05, 4.69) is 10.6 Å². The number of amides is 4. The molecule has 0 radical (unpaired) electrons. The number of nitrogens with one attached hydrogen (secondary N) is 2. The van der Waals surface area contributed by atoms with Gasteiger partial charge in [-0.05, 0) is 47.4 Å². The van der Waals surface area contributed by atoms with Gasteiger partial charge in [-0.2, -0.15) is 0 Å². The van der Waals surface area contributed by atoms with E-state index in [1.165, 1.54) is 24.3 Å². The number of rotatable bonds is 7. The zero-order valence-corrected chi connectivity index (χ0v) is 19.2. The molecule has 0 aliphatic carbocycles. The molecule has 3 aromatic rings. The molecule has 6 nitrogen and oxygen atoms in total. The molecular weight excluding hydrogens is 457 g/mol. The fourth-order valence-electron chi connectivity index (χ4n) is 4.15. The fraction of sp³-hybridized carbons (Fsp3) is 0.192. The van der Waals surface area contributed by atoms with Crippen molar-refractivity contribution in [2.45, 2.75) is 24.9 Å². The summed E-state index contributed by atoms with van der Waals surface area (Å²) in [5.74, 6) is -1.50. The van der Waals surface area contributed by atoms with Crippen molar-refractivity contribution < 1.29 is 18.8 Å². The van der Waals surface area contributed by atoms with Crippen LogP contribution < -0.4 is 10.6 Å². The lowest BCUT2D eigenvalue weighted by atomic mass is 9.87. The standard InChI is InChI=1S/C26H23ClFN3O3/c1-2-26(19-10-14-21(28)15-11-19)24(33)31(25(34)30-26)16-22(32)29-23(17-6-4-3-5-7-17)18-8-12-20(27)13-9-18/h3-15,23H,2,16H2,1H3,(H,29,32)(H,30,34). The topological polar surface area (TPSA) is 78.5 Å². The second-order valence-corrected chi connectivity index (χ2v) is 8.49. The van der Waals surface area contributed by atoms with Gasteiger partial charge in [-0.25, -0.2) is 9.18 Å². The maximum atomic E-state index is 13.4. The van der Waals surface area contributed by atoms with E-state index in [1.54, 1.807) is 19.1 Å². The third kappa shape index (κ3) is 4.52. The van der Waals surface area contributed by atoms with Gasteiger partial charge in [0.25, 0.3) is 5.91 Å². The van der Waals surface area contributed by atoms with Crippen LogP contribution in [0.15, 0.2) is 78.9 Å². The number of hydrogen-bond donors (Lipinski definition) is 2. The fourth-order valence-corrected chi connectivity index (χ4v) is 4.28. The predicted octanol–water partition coefficient (Wildman–Crippen LogP) is 4.54. The predicted molar refractivity (Wildman–Crippen MR) is 126 cm³/mol. The van der Waals surface area contributed by atoms with Crippen molar-refractivity contribution in [3.05, 3.63) is 106 Å². The molecule has 1 fully saturated rings. The summed E-state index contributed by atoms with van der Waals surface area (Å²) >= 11 is 6.02. The third-order valence-corrected chi connectivity index (χ3v) is 6.24. The number of nitrogens with zero attached hydrogens (tertiary/aromatic N) is 1. The van der Waals surface area contributed by atoms with E-state index in [0.717, 1.165) is 16.0 Å². The van der Waals surface area contributed by atoms with Gasteiger partial charge in [0.1, 0.15) is 17.9 Å². The molecule has 3 aromatic carbocycles. The van der Waals surface area contributed by atoms with Crippen molar-refractivity contribution in [3.8, 4) is 0 Å². The normalized spacial score (nSPS) is 18.5. The SMILES string of the molecule is CCC1(c2ccc(F)cc2)NC(=O)N(CC(=O)NC(c2ccccc2)c2ccc(Cl)cc2)C1=O. The molecule has 2 atom stereocenters. The van der Waals surface area contributed by atoms with Crippen molar-refractivity contribution in [2.24, 2.45) is 0 Å². The summed E-state index contributed by atoms with van der Waals surface area (Å²) < 4.78 is 13.4. The molecule has 34 heavy (non-hydrogen) atoms. The Morgan fingerprint density at radius 2 is 1.62 bits per heavy atom. The number of urea groups is 1. The summed E-state index contributed by atoms with van der Waals surface area (Å²) in [5.41, 5.74) is 0.751. The Kier molecular flexibility index (Phi) is 6.65. The highest BCUT2D eigenvalue weighted by atomic mass is 35.5. The number of hydrogen-bond acceptors (Lipinski definition) is 3. The zero-order valence-electron chi connectivity index (χ0n) is 18.4. The van der Waals surface area contributed by atoms with Crippen LogP contribution in [0.5, 0.6) is 0 Å². The molecular formula is C26H23ClFN3O3. The molecule has 1 aliphatic heterocycles. The summed E-state index contributed by atoms with van der Waals surface area (Å²) in [7, 11) is 0. The van der Waals surface area contributed by atoms with Crippen LogP contribution in [0.2, 0.25) is 5.02 Å². The molecule has 4 rings (SSSR count). The van der Waals surface area contributed by atoms with Crippen LogP contribution >= 0.6 is 11.6 Å². The Hall–Kier alpha value is -3.71. The van der Waals surface area contributed by atoms with E-state index in [9.17, 15) is 18.8 Å². The molecule has 174 valence electrons. The van der Waals surface area contributed by atoms with E-state index < -0.39 is 41.8 Å². The average molecular weight is 480 g/mol. The van der Waals surface area contributed by atoms with Gasteiger partial charge in [-0.15, -0.1) is 0 Å². The Morgan fingerprint density at radius 1 is 1.00 bits per heavy atom. The minimum Gasteiger partial charge on any atom is -0.344 e. The third-order valence-electron chi connectivity index (χ3n) is 5.99. The first-order chi connectivity index (χ1) is 16.3. The van der Waals surface area contributed by atoms with Crippen LogP contribution in [0.25, 0.3) is 0 Å². The number of imide groups is 1. The maximum absolute atomic E-state index is 13.4. The largest absolute Gasteiger partial charge is 0.344 e. The molecule has 0 saturated carbocycles. The smallest absolute Gasteiger partial charge is 0.325 e. The van der Waals surface area contributed by atoms with Gasteiger partial charge >= 0.3 is 6.03 Å². The van der Waals surface area contributed by atoms with Crippen molar-refractivity contribution in [2.75, 3.05) is 6.54 Å². The van der Waals surface area contributed by atoms with Crippen LogP contribution in [-0.4, -0.2) is 29.3 Å². The van der Waals surface area contributed by atoms with Gasteiger partial charge in [-0.3, -0.25) is 14.5 Å². The van der Waals surface area contributed by atoms with Gasteiger partial charge < -0.3 is 10.6 Å². The lowest BCUT2D eigenvalue weighted by Gasteiger charge is -2.26. The van der Waals surface area contributed by atoms with Crippen molar-refractivity contribution in [1.82, 2.24) is 15.5 Å². The van der Waals surface area contributed by atoms with Crippen LogP contribution in [0.3, 0.4) is 0 Å². The summed E-state index contributed by atoms with van der Waals surface area (Å²) in [6.45, 7) is 1.29. The maximum Gasteiger partial charge on any atom is 0.325 e.